The number of anilines is 1. The molecule has 1 heterocycles. The van der Waals surface area contributed by atoms with Crippen molar-refractivity contribution in [2.45, 2.75) is 6.54 Å². The minimum atomic E-state index is -0.0991. The van der Waals surface area contributed by atoms with Gasteiger partial charge in [-0.05, 0) is 17.7 Å². The lowest BCUT2D eigenvalue weighted by Gasteiger charge is -2.16. The van der Waals surface area contributed by atoms with Crippen LogP contribution in [0.1, 0.15) is 16.1 Å². The molecule has 0 aliphatic heterocycles. The maximum absolute atomic E-state index is 12.1. The maximum atomic E-state index is 12.1. The van der Waals surface area contributed by atoms with E-state index in [2.05, 4.69) is 4.98 Å². The van der Waals surface area contributed by atoms with E-state index in [4.69, 9.17) is 5.73 Å². The van der Waals surface area contributed by atoms with E-state index in [1.807, 2.05) is 31.3 Å². The minimum Gasteiger partial charge on any atom is -0.399 e. The summed E-state index contributed by atoms with van der Waals surface area (Å²) in [5.41, 5.74) is 7.86. The third kappa shape index (κ3) is 2.68. The zero-order valence-corrected chi connectivity index (χ0v) is 10.5. The summed E-state index contributed by atoms with van der Waals surface area (Å²) in [6, 6.07) is 7.51. The van der Waals surface area contributed by atoms with Gasteiger partial charge in [-0.3, -0.25) is 4.79 Å². The van der Waals surface area contributed by atoms with Crippen molar-refractivity contribution in [1.29, 1.82) is 0 Å². The lowest BCUT2D eigenvalue weighted by Crippen LogP contribution is -2.26. The first kappa shape index (κ1) is 12.2. The third-order valence-electron chi connectivity index (χ3n) is 2.64. The van der Waals surface area contributed by atoms with Crippen LogP contribution in [0.4, 0.5) is 5.69 Å². The van der Waals surface area contributed by atoms with Crippen molar-refractivity contribution in [2.24, 2.45) is 7.05 Å². The molecule has 0 unspecified atom stereocenters. The van der Waals surface area contributed by atoms with Crippen LogP contribution >= 0.6 is 0 Å². The summed E-state index contributed by atoms with van der Waals surface area (Å²) in [4.78, 5) is 17.7. The third-order valence-corrected chi connectivity index (χ3v) is 2.64. The molecule has 2 rings (SSSR count). The highest BCUT2D eigenvalue weighted by atomic mass is 16.2. The summed E-state index contributed by atoms with van der Waals surface area (Å²) in [7, 11) is 3.59. The van der Waals surface area contributed by atoms with Gasteiger partial charge in [0.2, 0.25) is 0 Å². The number of amides is 1. The predicted molar refractivity (Wildman–Crippen MR) is 69.9 cm³/mol. The van der Waals surface area contributed by atoms with Gasteiger partial charge in [-0.2, -0.15) is 0 Å². The van der Waals surface area contributed by atoms with Gasteiger partial charge in [0.1, 0.15) is 5.69 Å². The number of hydrogen-bond donors (Lipinski definition) is 1. The van der Waals surface area contributed by atoms with E-state index in [9.17, 15) is 4.79 Å². The van der Waals surface area contributed by atoms with E-state index >= 15 is 0 Å². The fourth-order valence-corrected chi connectivity index (χ4v) is 1.76. The lowest BCUT2D eigenvalue weighted by atomic mass is 10.2. The monoisotopic (exact) mass is 244 g/mol. The average molecular weight is 244 g/mol. The number of benzene rings is 1. The van der Waals surface area contributed by atoms with Gasteiger partial charge < -0.3 is 15.2 Å². The normalized spacial score (nSPS) is 10.3. The Kier molecular flexibility index (Phi) is 3.32. The maximum Gasteiger partial charge on any atom is 0.274 e. The molecule has 1 aromatic heterocycles. The molecule has 1 aromatic carbocycles. The molecule has 94 valence electrons. The highest BCUT2D eigenvalue weighted by Crippen LogP contribution is 2.10. The topological polar surface area (TPSA) is 64.2 Å². The van der Waals surface area contributed by atoms with Gasteiger partial charge in [0.15, 0.2) is 0 Å². The van der Waals surface area contributed by atoms with Crippen LogP contribution in [0.3, 0.4) is 0 Å². The Labute approximate surface area is 106 Å². The molecule has 0 aliphatic carbocycles. The number of nitrogens with two attached hydrogens (primary N) is 1. The number of nitrogens with zero attached hydrogens (tertiary/aromatic N) is 3. The largest absolute Gasteiger partial charge is 0.399 e. The van der Waals surface area contributed by atoms with Gasteiger partial charge in [-0.1, -0.05) is 12.1 Å². The van der Waals surface area contributed by atoms with Crippen LogP contribution in [0.5, 0.6) is 0 Å². The van der Waals surface area contributed by atoms with Crippen molar-refractivity contribution < 1.29 is 4.79 Å². The first-order valence-electron chi connectivity index (χ1n) is 5.64. The molecule has 0 fully saturated rings. The van der Waals surface area contributed by atoms with E-state index in [1.165, 1.54) is 0 Å². The molecule has 0 aliphatic rings. The number of aromatic nitrogens is 2. The summed E-state index contributed by atoms with van der Waals surface area (Å²) in [5.74, 6) is -0.0991. The highest BCUT2D eigenvalue weighted by molar-refractivity contribution is 5.91. The van der Waals surface area contributed by atoms with E-state index in [1.54, 1.807) is 29.0 Å². The van der Waals surface area contributed by atoms with Crippen LogP contribution < -0.4 is 5.73 Å². The van der Waals surface area contributed by atoms with Crippen molar-refractivity contribution >= 4 is 11.6 Å². The average Bonchev–Trinajstić information content (AvgIpc) is 2.75. The summed E-state index contributed by atoms with van der Waals surface area (Å²) in [5, 5.41) is 0. The number of imidazole rings is 1. The zero-order valence-electron chi connectivity index (χ0n) is 10.5. The molecule has 0 radical (unpaired) electrons. The quantitative estimate of drug-likeness (QED) is 0.827. The van der Waals surface area contributed by atoms with Crippen molar-refractivity contribution in [3.8, 4) is 0 Å². The molecular formula is C13H16N4O. The molecule has 5 heteroatoms. The lowest BCUT2D eigenvalue weighted by molar-refractivity contribution is 0.0779. The van der Waals surface area contributed by atoms with Gasteiger partial charge in [-0.25, -0.2) is 4.98 Å². The molecular weight excluding hydrogens is 228 g/mol. The van der Waals surface area contributed by atoms with Crippen molar-refractivity contribution in [2.75, 3.05) is 12.8 Å². The summed E-state index contributed by atoms with van der Waals surface area (Å²) in [6.45, 7) is 0.514. The zero-order chi connectivity index (χ0) is 13.1. The second kappa shape index (κ2) is 4.91. The van der Waals surface area contributed by atoms with Crippen molar-refractivity contribution in [3.63, 3.8) is 0 Å². The standard InChI is InChI=1S/C13H16N4O/c1-16-8-12(15-9-16)13(18)17(2)7-10-4-3-5-11(14)6-10/h3-6,8-9H,7,14H2,1-2H3. The molecule has 2 N–H and O–H groups in total. The van der Waals surface area contributed by atoms with Gasteiger partial charge in [0.25, 0.3) is 5.91 Å². The fraction of sp³-hybridized carbons (Fsp3) is 0.231. The molecule has 1 amide bonds. The number of carbonyl (C=O) groups excluding carboxylic acids is 1. The Morgan fingerprint density at radius 2 is 2.28 bits per heavy atom. The van der Waals surface area contributed by atoms with Crippen molar-refractivity contribution in [1.82, 2.24) is 14.5 Å². The van der Waals surface area contributed by atoms with Gasteiger partial charge in [0, 0.05) is 32.5 Å². The molecule has 0 bridgehead atoms. The smallest absolute Gasteiger partial charge is 0.274 e. The van der Waals surface area contributed by atoms with E-state index in [0.29, 0.717) is 17.9 Å². The molecule has 0 saturated heterocycles. The molecule has 0 spiro atoms. The van der Waals surface area contributed by atoms with E-state index in [-0.39, 0.29) is 5.91 Å². The van der Waals surface area contributed by atoms with Crippen LogP contribution in [0.15, 0.2) is 36.8 Å². The van der Waals surface area contributed by atoms with Crippen molar-refractivity contribution in [3.05, 3.63) is 48.0 Å². The molecule has 0 saturated carbocycles. The Balaban J connectivity index is 2.08. The summed E-state index contributed by atoms with van der Waals surface area (Å²) < 4.78 is 1.75. The molecule has 2 aromatic rings. The van der Waals surface area contributed by atoms with Crippen LogP contribution in [0.2, 0.25) is 0 Å². The molecule has 18 heavy (non-hydrogen) atoms. The Hall–Kier alpha value is -2.30. The van der Waals surface area contributed by atoms with Crippen LogP contribution in [-0.2, 0) is 13.6 Å². The first-order valence-corrected chi connectivity index (χ1v) is 5.64. The van der Waals surface area contributed by atoms with Gasteiger partial charge in [-0.15, -0.1) is 0 Å². The minimum absolute atomic E-state index is 0.0991. The van der Waals surface area contributed by atoms with E-state index < -0.39 is 0 Å². The SMILES string of the molecule is CN(Cc1cccc(N)c1)C(=O)c1cn(C)cn1. The summed E-state index contributed by atoms with van der Waals surface area (Å²) in [6.07, 6.45) is 3.32. The first-order chi connectivity index (χ1) is 8.56. The predicted octanol–water partition coefficient (Wildman–Crippen LogP) is 1.27. The fourth-order valence-electron chi connectivity index (χ4n) is 1.76. The number of hydrogen-bond acceptors (Lipinski definition) is 3. The van der Waals surface area contributed by atoms with Gasteiger partial charge >= 0.3 is 0 Å². The molecule has 0 atom stereocenters. The Morgan fingerprint density at radius 1 is 1.50 bits per heavy atom. The highest BCUT2D eigenvalue weighted by Gasteiger charge is 2.14. The number of nitrogen functional groups attached to an aromatic ring is 1. The molecule has 5 nitrogen and oxygen atoms in total. The second-order valence-corrected chi connectivity index (χ2v) is 4.33. The van der Waals surface area contributed by atoms with Crippen LogP contribution in [-0.4, -0.2) is 27.4 Å². The second-order valence-electron chi connectivity index (χ2n) is 4.33. The van der Waals surface area contributed by atoms with Crippen LogP contribution in [0.25, 0.3) is 0 Å². The van der Waals surface area contributed by atoms with Crippen LogP contribution in [0, 0.1) is 0 Å². The number of rotatable bonds is 3. The summed E-state index contributed by atoms with van der Waals surface area (Å²) >= 11 is 0. The van der Waals surface area contributed by atoms with E-state index in [0.717, 1.165) is 5.56 Å². The van der Waals surface area contributed by atoms with Gasteiger partial charge in [0.05, 0.1) is 6.33 Å². The Morgan fingerprint density at radius 3 is 2.89 bits per heavy atom. The Bertz CT molecular complexity index is 562. The number of aryl methyl sites for hydroxylation is 1. The number of carbonyl (C=O) groups is 1.